The summed E-state index contributed by atoms with van der Waals surface area (Å²) in [6.45, 7) is 18.3. The molecule has 0 heterocycles. The zero-order chi connectivity index (χ0) is 34.0. The minimum Gasteiger partial charge on any atom is -0.423 e. The Bertz CT molecular complexity index is 1830. The van der Waals surface area contributed by atoms with Crippen molar-refractivity contribution in [2.45, 2.75) is 20.8 Å². The van der Waals surface area contributed by atoms with Crippen LogP contribution in [-0.4, -0.2) is 29.8 Å². The molecule has 0 saturated carbocycles. The fourth-order valence-corrected chi connectivity index (χ4v) is 3.37. The molecule has 0 spiro atoms. The topological polar surface area (TPSA) is 132 Å². The minimum atomic E-state index is -0.919. The molecule has 0 fully saturated rings. The predicted molar refractivity (Wildman–Crippen MR) is 168 cm³/mol. The van der Waals surface area contributed by atoms with Gasteiger partial charge in [-0.2, -0.15) is 0 Å². The van der Waals surface area contributed by atoms with Gasteiger partial charge in [0.05, 0.1) is 5.56 Å². The maximum atomic E-state index is 13.2. The average molecular weight is 621 g/mol. The van der Waals surface area contributed by atoms with Crippen LogP contribution in [0.25, 0.3) is 0 Å². The Morgan fingerprint density at radius 2 is 1.15 bits per heavy atom. The molecule has 232 valence electrons. The largest absolute Gasteiger partial charge is 0.423 e. The molecule has 0 amide bonds. The van der Waals surface area contributed by atoms with Crippen molar-refractivity contribution in [1.82, 2.24) is 0 Å². The highest BCUT2D eigenvalue weighted by Gasteiger charge is 2.26. The lowest BCUT2D eigenvalue weighted by molar-refractivity contribution is -0.131. The molecule has 0 aromatic heterocycles. The quantitative estimate of drug-likeness (QED) is 0.119. The van der Waals surface area contributed by atoms with Gasteiger partial charge < -0.3 is 23.7 Å². The number of hydrogen-bond donors (Lipinski definition) is 0. The first-order valence-corrected chi connectivity index (χ1v) is 13.4. The first kappa shape index (κ1) is 34.0. The van der Waals surface area contributed by atoms with Crippen molar-refractivity contribution in [2.24, 2.45) is 0 Å². The summed E-state index contributed by atoms with van der Waals surface area (Å²) < 4.78 is 26.8. The Labute approximate surface area is 265 Å². The standard InChI is InChI=1S/C36H28O10/c1-8-30(37)42-27-16-11-24(12-17-27)10-13-26-20-29(44-34(39)21(3)4)33(32(23(26)7)45-35(40)22(5)6)46-36(41)25-14-18-28(19-15-25)43-31(38)9-2/h8-9,11-12,14-20H,1-3,5H2,4,6-7H3. The van der Waals surface area contributed by atoms with Crippen LogP contribution < -0.4 is 23.7 Å². The molecule has 3 aromatic rings. The number of ether oxygens (including phenoxy) is 5. The lowest BCUT2D eigenvalue weighted by atomic mass is 10.1. The molecule has 46 heavy (non-hydrogen) atoms. The second kappa shape index (κ2) is 15.3. The zero-order valence-corrected chi connectivity index (χ0v) is 25.3. The molecule has 0 aliphatic carbocycles. The fraction of sp³-hybridized carbons (Fsp3) is 0.0833. The van der Waals surface area contributed by atoms with Gasteiger partial charge in [0.25, 0.3) is 0 Å². The summed E-state index contributed by atoms with van der Waals surface area (Å²) in [4.78, 5) is 61.4. The number of rotatable bonds is 10. The van der Waals surface area contributed by atoms with Gasteiger partial charge >= 0.3 is 29.8 Å². The van der Waals surface area contributed by atoms with E-state index in [0.717, 1.165) is 12.2 Å². The summed E-state index contributed by atoms with van der Waals surface area (Å²) in [6, 6.07) is 13.0. The Morgan fingerprint density at radius 1 is 0.652 bits per heavy atom. The second-order valence-corrected chi connectivity index (χ2v) is 9.48. The minimum absolute atomic E-state index is 0.0245. The van der Waals surface area contributed by atoms with E-state index in [2.05, 4.69) is 38.2 Å². The molecular weight excluding hydrogens is 592 g/mol. The van der Waals surface area contributed by atoms with E-state index in [0.29, 0.717) is 5.56 Å². The van der Waals surface area contributed by atoms with E-state index in [1.165, 1.54) is 56.3 Å². The number of hydrogen-bond acceptors (Lipinski definition) is 10. The van der Waals surface area contributed by atoms with Gasteiger partial charge in [0, 0.05) is 46.1 Å². The van der Waals surface area contributed by atoms with Gasteiger partial charge in [-0.15, -0.1) is 0 Å². The van der Waals surface area contributed by atoms with Crippen LogP contribution in [0.2, 0.25) is 0 Å². The molecule has 0 bridgehead atoms. The van der Waals surface area contributed by atoms with Gasteiger partial charge in [-0.25, -0.2) is 24.0 Å². The van der Waals surface area contributed by atoms with Gasteiger partial charge in [0.15, 0.2) is 11.5 Å². The number of carbonyl (C=O) groups excluding carboxylic acids is 5. The summed E-state index contributed by atoms with van der Waals surface area (Å²) in [5.41, 5.74) is 1.14. The van der Waals surface area contributed by atoms with Gasteiger partial charge in [-0.3, -0.25) is 0 Å². The summed E-state index contributed by atoms with van der Waals surface area (Å²) in [5.74, 6) is 1.47. The lowest BCUT2D eigenvalue weighted by Crippen LogP contribution is -2.16. The van der Waals surface area contributed by atoms with Crippen LogP contribution in [0.5, 0.6) is 28.7 Å². The van der Waals surface area contributed by atoms with Crippen LogP contribution in [0.3, 0.4) is 0 Å². The fourth-order valence-electron chi connectivity index (χ4n) is 3.37. The van der Waals surface area contributed by atoms with Crippen LogP contribution in [0.15, 0.2) is 104 Å². The van der Waals surface area contributed by atoms with E-state index >= 15 is 0 Å². The van der Waals surface area contributed by atoms with Crippen molar-refractivity contribution in [1.29, 1.82) is 0 Å². The molecule has 0 atom stereocenters. The smallest absolute Gasteiger partial charge is 0.343 e. The Hall–Kier alpha value is -6.47. The van der Waals surface area contributed by atoms with Gasteiger partial charge in [-0.1, -0.05) is 38.2 Å². The zero-order valence-electron chi connectivity index (χ0n) is 25.3. The highest BCUT2D eigenvalue weighted by molar-refractivity contribution is 5.95. The third kappa shape index (κ3) is 9.02. The maximum Gasteiger partial charge on any atom is 0.343 e. The van der Waals surface area contributed by atoms with E-state index < -0.39 is 29.8 Å². The van der Waals surface area contributed by atoms with Crippen molar-refractivity contribution in [2.75, 3.05) is 0 Å². The van der Waals surface area contributed by atoms with Crippen LogP contribution in [-0.2, 0) is 19.2 Å². The molecular formula is C36H28O10. The first-order chi connectivity index (χ1) is 21.8. The Morgan fingerprint density at radius 3 is 1.65 bits per heavy atom. The molecule has 0 aliphatic heterocycles. The van der Waals surface area contributed by atoms with Crippen molar-refractivity contribution in [3.8, 4) is 40.6 Å². The van der Waals surface area contributed by atoms with Crippen LogP contribution in [0, 0.1) is 18.8 Å². The van der Waals surface area contributed by atoms with Gasteiger partial charge in [-0.05, 0) is 69.3 Å². The third-order valence-corrected chi connectivity index (χ3v) is 5.80. The molecule has 0 unspecified atom stereocenters. The summed E-state index contributed by atoms with van der Waals surface area (Å²) in [6.07, 6.45) is 2.02. The van der Waals surface area contributed by atoms with E-state index in [1.54, 1.807) is 19.1 Å². The summed E-state index contributed by atoms with van der Waals surface area (Å²) in [7, 11) is 0. The van der Waals surface area contributed by atoms with Gasteiger partial charge in [0.2, 0.25) is 5.75 Å². The average Bonchev–Trinajstić information content (AvgIpc) is 3.03. The highest BCUT2D eigenvalue weighted by atomic mass is 16.6. The monoisotopic (exact) mass is 620 g/mol. The first-order valence-electron chi connectivity index (χ1n) is 13.4. The van der Waals surface area contributed by atoms with Gasteiger partial charge in [0.1, 0.15) is 11.5 Å². The van der Waals surface area contributed by atoms with E-state index in [9.17, 15) is 24.0 Å². The van der Waals surface area contributed by atoms with Crippen LogP contribution in [0.4, 0.5) is 0 Å². The number of esters is 5. The number of carbonyl (C=O) groups is 5. The van der Waals surface area contributed by atoms with Crippen LogP contribution >= 0.6 is 0 Å². The normalized spacial score (nSPS) is 9.80. The lowest BCUT2D eigenvalue weighted by Gasteiger charge is -2.18. The highest BCUT2D eigenvalue weighted by Crippen LogP contribution is 2.43. The Balaban J connectivity index is 2.11. The van der Waals surface area contributed by atoms with Crippen molar-refractivity contribution >= 4 is 29.8 Å². The van der Waals surface area contributed by atoms with Crippen LogP contribution in [0.1, 0.15) is 40.9 Å². The molecule has 3 aromatic carbocycles. The van der Waals surface area contributed by atoms with E-state index in [4.69, 9.17) is 23.7 Å². The van der Waals surface area contributed by atoms with Crippen molar-refractivity contribution in [3.63, 3.8) is 0 Å². The molecule has 3 rings (SSSR count). The molecule has 0 aliphatic rings. The second-order valence-electron chi connectivity index (χ2n) is 9.48. The van der Waals surface area contributed by atoms with Crippen molar-refractivity contribution in [3.05, 3.63) is 126 Å². The van der Waals surface area contributed by atoms with Crippen molar-refractivity contribution < 1.29 is 47.7 Å². The molecule has 10 heteroatoms. The van der Waals surface area contributed by atoms with E-state index in [-0.39, 0.29) is 56.6 Å². The molecule has 0 N–H and O–H groups in total. The SMILES string of the molecule is C=CC(=O)Oc1ccc(C#Cc2cc(OC(=O)C(=C)C)c(OC(=O)c3ccc(OC(=O)C=C)cc3)c(OC(=O)C(=C)C)c2C)cc1. The summed E-state index contributed by atoms with van der Waals surface area (Å²) in [5, 5.41) is 0. The summed E-state index contributed by atoms with van der Waals surface area (Å²) >= 11 is 0. The third-order valence-electron chi connectivity index (χ3n) is 5.80. The maximum absolute atomic E-state index is 13.2. The molecule has 0 radical (unpaired) electrons. The molecule has 10 nitrogen and oxygen atoms in total. The van der Waals surface area contributed by atoms with E-state index in [1.807, 2.05) is 0 Å². The molecule has 0 saturated heterocycles. The Kier molecular flexibility index (Phi) is 11.3. The predicted octanol–water partition coefficient (Wildman–Crippen LogP) is 5.76. The number of benzene rings is 3.